The van der Waals surface area contributed by atoms with Gasteiger partial charge in [0.2, 0.25) is 5.13 Å². The third-order valence-corrected chi connectivity index (χ3v) is 4.90. The van der Waals surface area contributed by atoms with Crippen molar-refractivity contribution in [2.45, 2.75) is 18.0 Å². The Morgan fingerprint density at radius 2 is 2.00 bits per heavy atom. The number of aromatic nitrogens is 2. The van der Waals surface area contributed by atoms with Crippen LogP contribution in [0.25, 0.3) is 0 Å². The summed E-state index contributed by atoms with van der Waals surface area (Å²) in [6.45, 7) is 1.56. The molecule has 3 rings (SSSR count). The molecule has 27 heavy (non-hydrogen) atoms. The van der Waals surface area contributed by atoms with Gasteiger partial charge in [-0.3, -0.25) is 0 Å². The van der Waals surface area contributed by atoms with Crippen LogP contribution in [0.1, 0.15) is 16.7 Å². The van der Waals surface area contributed by atoms with Gasteiger partial charge >= 0.3 is 6.18 Å². The van der Waals surface area contributed by atoms with Crippen molar-refractivity contribution >= 4 is 28.4 Å². The van der Waals surface area contributed by atoms with Gasteiger partial charge in [-0.15, -0.1) is 10.2 Å². The van der Waals surface area contributed by atoms with Gasteiger partial charge in [0.25, 0.3) is 0 Å². The maximum atomic E-state index is 12.9. The number of anilines is 1. The van der Waals surface area contributed by atoms with E-state index in [1.54, 1.807) is 24.6 Å². The van der Waals surface area contributed by atoms with Gasteiger partial charge in [0, 0.05) is 4.90 Å². The number of nitrogens with zero attached hydrogens (tertiary/aromatic N) is 3. The van der Waals surface area contributed by atoms with Gasteiger partial charge in [0.05, 0.1) is 11.1 Å². The summed E-state index contributed by atoms with van der Waals surface area (Å²) in [6.07, 6.45) is -4.46. The molecule has 0 aliphatic carbocycles. The van der Waals surface area contributed by atoms with Crippen LogP contribution in [-0.4, -0.2) is 10.2 Å². The van der Waals surface area contributed by atoms with Crippen molar-refractivity contribution in [2.24, 2.45) is 0 Å². The molecular weight excluding hydrogens is 397 g/mol. The predicted molar refractivity (Wildman–Crippen MR) is 96.8 cm³/mol. The van der Waals surface area contributed by atoms with Crippen LogP contribution >= 0.6 is 23.3 Å². The van der Waals surface area contributed by atoms with Crippen LogP contribution in [0.4, 0.5) is 18.3 Å². The maximum absolute atomic E-state index is 12.9. The first-order valence-corrected chi connectivity index (χ1v) is 9.14. The fourth-order valence-corrected chi connectivity index (χ4v) is 3.37. The Hall–Kier alpha value is -2.77. The zero-order valence-corrected chi connectivity index (χ0v) is 15.4. The first-order valence-electron chi connectivity index (χ1n) is 7.45. The number of nitriles is 1. The lowest BCUT2D eigenvalue weighted by molar-refractivity contribution is -0.137. The molecule has 1 N–H and O–H groups in total. The number of hydrogen-bond donors (Lipinski definition) is 1. The lowest BCUT2D eigenvalue weighted by Crippen LogP contribution is -2.05. The molecule has 138 valence electrons. The zero-order valence-electron chi connectivity index (χ0n) is 13.7. The first kappa shape index (κ1) is 19.0. The number of rotatable bonds is 5. The molecule has 5 nitrogen and oxygen atoms in total. The highest BCUT2D eigenvalue weighted by Crippen LogP contribution is 2.35. The van der Waals surface area contributed by atoms with Crippen molar-refractivity contribution in [1.82, 2.24) is 10.2 Å². The molecule has 0 radical (unpaired) electrons. The molecule has 1 aromatic heterocycles. The van der Waals surface area contributed by atoms with Crippen molar-refractivity contribution in [1.29, 1.82) is 5.26 Å². The molecule has 0 aliphatic rings. The number of nitrogens with one attached hydrogen (secondary N) is 1. The number of benzene rings is 2. The molecule has 2 aromatic carbocycles. The van der Waals surface area contributed by atoms with Crippen molar-refractivity contribution < 1.29 is 17.9 Å². The molecule has 0 spiro atoms. The van der Waals surface area contributed by atoms with E-state index in [4.69, 9.17) is 4.74 Å². The van der Waals surface area contributed by atoms with Gasteiger partial charge in [0.1, 0.15) is 23.1 Å². The quantitative estimate of drug-likeness (QED) is 0.550. The lowest BCUT2D eigenvalue weighted by atomic mass is 10.1. The van der Waals surface area contributed by atoms with Crippen LogP contribution in [0.3, 0.4) is 0 Å². The van der Waals surface area contributed by atoms with Crippen LogP contribution in [-0.2, 0) is 6.18 Å². The Kier molecular flexibility index (Phi) is 5.53. The van der Waals surface area contributed by atoms with E-state index in [0.717, 1.165) is 12.1 Å². The fourth-order valence-electron chi connectivity index (χ4n) is 2.17. The van der Waals surface area contributed by atoms with Gasteiger partial charge in [-0.25, -0.2) is 0 Å². The van der Waals surface area contributed by atoms with Crippen molar-refractivity contribution in [3.05, 3.63) is 58.6 Å². The van der Waals surface area contributed by atoms with Crippen molar-refractivity contribution in [3.63, 3.8) is 0 Å². The Bertz CT molecular complexity index is 985. The van der Waals surface area contributed by atoms with Crippen LogP contribution in [0.2, 0.25) is 0 Å². The minimum atomic E-state index is -4.46. The van der Waals surface area contributed by atoms with Gasteiger partial charge in [0.15, 0.2) is 0 Å². The normalized spacial score (nSPS) is 11.1. The Morgan fingerprint density at radius 1 is 1.19 bits per heavy atom. The third-order valence-electron chi connectivity index (χ3n) is 3.29. The number of alkyl halides is 3. The Labute approximate surface area is 160 Å². The maximum Gasteiger partial charge on any atom is 0.416 e. The highest BCUT2D eigenvalue weighted by Gasteiger charge is 2.31. The SMILES string of the molecule is Cc1cc(Oc2ccc(SNc3nncs3)c(C#N)c2)cc(C(F)(F)F)c1. The van der Waals surface area contributed by atoms with Crippen molar-refractivity contribution in [2.75, 3.05) is 4.72 Å². The third kappa shape index (κ3) is 4.90. The average Bonchev–Trinajstić information content (AvgIpc) is 3.12. The van der Waals surface area contributed by atoms with E-state index < -0.39 is 11.7 Å². The zero-order chi connectivity index (χ0) is 19.4. The largest absolute Gasteiger partial charge is 0.457 e. The monoisotopic (exact) mass is 408 g/mol. The van der Waals surface area contributed by atoms with E-state index in [1.165, 1.54) is 35.4 Å². The summed E-state index contributed by atoms with van der Waals surface area (Å²) in [5.74, 6) is 0.323. The smallest absolute Gasteiger partial charge is 0.416 e. The number of aryl methyl sites for hydroxylation is 1. The molecule has 0 unspecified atom stereocenters. The van der Waals surface area contributed by atoms with Crippen LogP contribution in [0.5, 0.6) is 11.5 Å². The molecule has 0 saturated carbocycles. The molecule has 0 amide bonds. The topological polar surface area (TPSA) is 70.8 Å². The molecule has 0 atom stereocenters. The van der Waals surface area contributed by atoms with Crippen LogP contribution in [0, 0.1) is 18.3 Å². The van der Waals surface area contributed by atoms with E-state index in [1.807, 2.05) is 6.07 Å². The standard InChI is InChI=1S/C17H11F3N4OS2/c1-10-4-12(17(18,19)20)7-14(5-10)25-13-2-3-15(11(6-13)8-21)27-24-16-23-22-9-26-16/h2-7,9H,1H3,(H,23,24). The van der Waals surface area contributed by atoms with E-state index >= 15 is 0 Å². The Morgan fingerprint density at radius 3 is 2.67 bits per heavy atom. The summed E-state index contributed by atoms with van der Waals surface area (Å²) < 4.78 is 47.3. The van der Waals surface area contributed by atoms with Crippen LogP contribution < -0.4 is 9.46 Å². The molecule has 0 fully saturated rings. The van der Waals surface area contributed by atoms with E-state index in [-0.39, 0.29) is 11.5 Å². The summed E-state index contributed by atoms with van der Waals surface area (Å²) >= 11 is 2.50. The number of ether oxygens (including phenoxy) is 1. The van der Waals surface area contributed by atoms with E-state index in [2.05, 4.69) is 14.9 Å². The first-order chi connectivity index (χ1) is 12.8. The molecule has 0 bridgehead atoms. The van der Waals surface area contributed by atoms with Gasteiger partial charge in [-0.05, 0) is 60.8 Å². The molecular formula is C17H11F3N4OS2. The van der Waals surface area contributed by atoms with Gasteiger partial charge in [-0.1, -0.05) is 11.3 Å². The minimum Gasteiger partial charge on any atom is -0.457 e. The average molecular weight is 408 g/mol. The predicted octanol–water partition coefficient (Wildman–Crippen LogP) is 5.65. The second kappa shape index (κ2) is 7.85. The van der Waals surface area contributed by atoms with Gasteiger partial charge in [-0.2, -0.15) is 18.4 Å². The molecule has 10 heteroatoms. The number of halogens is 3. The van der Waals surface area contributed by atoms with Crippen LogP contribution in [0.15, 0.2) is 46.8 Å². The summed E-state index contributed by atoms with van der Waals surface area (Å²) in [4.78, 5) is 0.625. The van der Waals surface area contributed by atoms with Crippen molar-refractivity contribution in [3.8, 4) is 17.6 Å². The molecule has 3 aromatic rings. The fraction of sp³-hybridized carbons (Fsp3) is 0.118. The lowest BCUT2D eigenvalue weighted by Gasteiger charge is -2.12. The minimum absolute atomic E-state index is 0.0543. The highest BCUT2D eigenvalue weighted by atomic mass is 32.2. The second-order valence-corrected chi connectivity index (χ2v) is 7.03. The summed E-state index contributed by atoms with van der Waals surface area (Å²) in [5.41, 5.74) is 1.53. The van der Waals surface area contributed by atoms with E-state index in [9.17, 15) is 18.4 Å². The molecule has 0 saturated heterocycles. The summed E-state index contributed by atoms with van der Waals surface area (Å²) in [5, 5.41) is 17.5. The number of hydrogen-bond acceptors (Lipinski definition) is 7. The summed E-state index contributed by atoms with van der Waals surface area (Å²) in [7, 11) is 0. The molecule has 1 heterocycles. The van der Waals surface area contributed by atoms with Gasteiger partial charge < -0.3 is 9.46 Å². The Balaban J connectivity index is 1.80. The van der Waals surface area contributed by atoms with E-state index in [0.29, 0.717) is 21.2 Å². The summed E-state index contributed by atoms with van der Waals surface area (Å²) in [6, 6.07) is 10.2. The second-order valence-electron chi connectivity index (χ2n) is 5.35. The highest BCUT2D eigenvalue weighted by molar-refractivity contribution is 8.00. The molecule has 0 aliphatic heterocycles.